The van der Waals surface area contributed by atoms with Crippen LogP contribution in [0.4, 0.5) is 0 Å². The number of pyridine rings is 1. The Balaban J connectivity index is 1.74. The molecule has 0 saturated heterocycles. The van der Waals surface area contributed by atoms with Crippen LogP contribution in [0, 0.1) is 0 Å². The van der Waals surface area contributed by atoms with Crippen LogP contribution < -0.4 is 5.32 Å². The number of benzene rings is 1. The molecule has 0 saturated carbocycles. The number of aliphatic carboxylic acids is 1. The predicted octanol–water partition coefficient (Wildman–Crippen LogP) is 2.62. The normalized spacial score (nSPS) is 11.1. The standard InChI is InChI=1S/C17H11N3O5S/c21-12(22)7-19-16(24)13-14(23)15-9(6-18-13)20-17(26-15)11-5-8-3-1-2-4-10(8)25-11/h1-6,23H,7H2,(H,19,24)(H,21,22). The number of carbonyl (C=O) groups is 2. The second-order valence-electron chi connectivity index (χ2n) is 5.41. The van der Waals surface area contributed by atoms with Gasteiger partial charge >= 0.3 is 5.97 Å². The van der Waals surface area contributed by atoms with Gasteiger partial charge in [-0.15, -0.1) is 11.3 Å². The van der Waals surface area contributed by atoms with E-state index < -0.39 is 18.4 Å². The molecule has 3 aromatic heterocycles. The van der Waals surface area contributed by atoms with Gasteiger partial charge in [0.2, 0.25) is 0 Å². The van der Waals surface area contributed by atoms with Crippen molar-refractivity contribution in [2.45, 2.75) is 0 Å². The van der Waals surface area contributed by atoms with Gasteiger partial charge in [-0.2, -0.15) is 0 Å². The van der Waals surface area contributed by atoms with Gasteiger partial charge in [0.1, 0.15) is 22.3 Å². The fraction of sp³-hybridized carbons (Fsp3) is 0.0588. The van der Waals surface area contributed by atoms with Gasteiger partial charge in [-0.05, 0) is 12.1 Å². The fourth-order valence-electron chi connectivity index (χ4n) is 2.48. The number of hydrogen-bond donors (Lipinski definition) is 3. The molecule has 3 heterocycles. The molecule has 0 unspecified atom stereocenters. The second-order valence-corrected chi connectivity index (χ2v) is 6.41. The van der Waals surface area contributed by atoms with Crippen LogP contribution in [-0.4, -0.2) is 38.6 Å². The average Bonchev–Trinajstić information content (AvgIpc) is 3.24. The maximum atomic E-state index is 12.0. The molecule has 1 aromatic carbocycles. The van der Waals surface area contributed by atoms with Crippen LogP contribution in [0.2, 0.25) is 0 Å². The summed E-state index contributed by atoms with van der Waals surface area (Å²) in [6.45, 7) is -0.565. The van der Waals surface area contributed by atoms with E-state index in [-0.39, 0.29) is 11.4 Å². The number of thiazole rings is 1. The lowest BCUT2D eigenvalue weighted by Gasteiger charge is -2.03. The number of para-hydroxylation sites is 1. The largest absolute Gasteiger partial charge is 0.504 e. The molecule has 0 aliphatic rings. The molecule has 130 valence electrons. The summed E-state index contributed by atoms with van der Waals surface area (Å²) < 4.78 is 6.14. The van der Waals surface area contributed by atoms with E-state index in [0.717, 1.165) is 22.3 Å². The van der Waals surface area contributed by atoms with Gasteiger partial charge in [0, 0.05) is 5.39 Å². The number of furan rings is 1. The van der Waals surface area contributed by atoms with Gasteiger partial charge in [0.05, 0.1) is 6.20 Å². The van der Waals surface area contributed by atoms with Crippen LogP contribution in [0.3, 0.4) is 0 Å². The highest BCUT2D eigenvalue weighted by atomic mass is 32.1. The number of amides is 1. The first-order valence-corrected chi connectivity index (χ1v) is 8.32. The molecule has 4 rings (SSSR count). The molecule has 1 amide bonds. The molecule has 0 radical (unpaired) electrons. The number of aromatic nitrogens is 2. The molecule has 0 spiro atoms. The molecule has 9 heteroatoms. The molecule has 3 N–H and O–H groups in total. The summed E-state index contributed by atoms with van der Waals surface area (Å²) in [6.07, 6.45) is 1.35. The number of carboxylic acids is 1. The van der Waals surface area contributed by atoms with E-state index in [1.807, 2.05) is 30.3 Å². The minimum absolute atomic E-state index is 0.251. The predicted molar refractivity (Wildman–Crippen MR) is 94.3 cm³/mol. The van der Waals surface area contributed by atoms with Crippen LogP contribution in [0.25, 0.3) is 32.0 Å². The Morgan fingerprint density at radius 3 is 2.85 bits per heavy atom. The number of fused-ring (bicyclic) bond motifs is 2. The Morgan fingerprint density at radius 2 is 2.08 bits per heavy atom. The maximum Gasteiger partial charge on any atom is 0.322 e. The first-order chi connectivity index (χ1) is 12.5. The number of nitrogens with zero attached hydrogens (tertiary/aromatic N) is 2. The number of nitrogens with one attached hydrogen (secondary N) is 1. The van der Waals surface area contributed by atoms with Crippen LogP contribution in [0.1, 0.15) is 10.5 Å². The maximum absolute atomic E-state index is 12.0. The summed E-state index contributed by atoms with van der Waals surface area (Å²) in [5.74, 6) is -1.76. The minimum atomic E-state index is -1.19. The van der Waals surface area contributed by atoms with E-state index in [4.69, 9.17) is 9.52 Å². The summed E-state index contributed by atoms with van der Waals surface area (Å²) in [6, 6.07) is 9.37. The zero-order valence-electron chi connectivity index (χ0n) is 13.1. The fourth-order valence-corrected chi connectivity index (χ4v) is 3.42. The first-order valence-electron chi connectivity index (χ1n) is 7.50. The van der Waals surface area contributed by atoms with E-state index in [9.17, 15) is 14.7 Å². The van der Waals surface area contributed by atoms with Crippen molar-refractivity contribution in [1.82, 2.24) is 15.3 Å². The lowest BCUT2D eigenvalue weighted by molar-refractivity contribution is -0.135. The smallest absolute Gasteiger partial charge is 0.322 e. The lowest BCUT2D eigenvalue weighted by atomic mass is 10.2. The SMILES string of the molecule is O=C(O)CNC(=O)c1ncc2nc(-c3cc4ccccc4o3)sc2c1O. The van der Waals surface area contributed by atoms with Crippen molar-refractivity contribution in [3.63, 3.8) is 0 Å². The van der Waals surface area contributed by atoms with Crippen LogP contribution in [0.5, 0.6) is 5.75 Å². The molecule has 0 atom stereocenters. The highest BCUT2D eigenvalue weighted by molar-refractivity contribution is 7.22. The van der Waals surface area contributed by atoms with E-state index in [0.29, 0.717) is 21.0 Å². The van der Waals surface area contributed by atoms with Crippen molar-refractivity contribution in [1.29, 1.82) is 0 Å². The number of carboxylic acid groups (broad SMARTS) is 1. The molecule has 4 aromatic rings. The Bertz CT molecular complexity index is 1130. The Hall–Kier alpha value is -3.46. The topological polar surface area (TPSA) is 126 Å². The summed E-state index contributed by atoms with van der Waals surface area (Å²) in [7, 11) is 0. The van der Waals surface area contributed by atoms with Crippen LogP contribution in [0.15, 0.2) is 40.9 Å². The van der Waals surface area contributed by atoms with Crippen molar-refractivity contribution in [3.05, 3.63) is 42.2 Å². The molecule has 8 nitrogen and oxygen atoms in total. The van der Waals surface area contributed by atoms with Crippen molar-refractivity contribution < 1.29 is 24.2 Å². The second kappa shape index (κ2) is 6.12. The lowest BCUT2D eigenvalue weighted by Crippen LogP contribution is -2.29. The number of aromatic hydroxyl groups is 1. The van der Waals surface area contributed by atoms with Gasteiger partial charge in [-0.25, -0.2) is 9.97 Å². The third kappa shape index (κ3) is 2.74. The van der Waals surface area contributed by atoms with E-state index in [1.54, 1.807) is 0 Å². The van der Waals surface area contributed by atoms with E-state index >= 15 is 0 Å². The van der Waals surface area contributed by atoms with Crippen molar-refractivity contribution >= 4 is 44.4 Å². The monoisotopic (exact) mass is 369 g/mol. The van der Waals surface area contributed by atoms with E-state index in [2.05, 4.69) is 15.3 Å². The molecular formula is C17H11N3O5S. The average molecular weight is 369 g/mol. The summed E-state index contributed by atoms with van der Waals surface area (Å²) in [4.78, 5) is 30.8. The number of rotatable bonds is 4. The van der Waals surface area contributed by atoms with Crippen molar-refractivity contribution in [3.8, 4) is 16.5 Å². The quantitative estimate of drug-likeness (QED) is 0.505. The minimum Gasteiger partial charge on any atom is -0.504 e. The summed E-state index contributed by atoms with van der Waals surface area (Å²) >= 11 is 1.16. The summed E-state index contributed by atoms with van der Waals surface area (Å²) in [5.41, 5.74) is 0.883. The van der Waals surface area contributed by atoms with Gasteiger partial charge in [-0.3, -0.25) is 9.59 Å². The Morgan fingerprint density at radius 1 is 1.27 bits per heavy atom. The third-order valence-corrected chi connectivity index (χ3v) is 4.75. The summed E-state index contributed by atoms with van der Waals surface area (Å²) in [5, 5.41) is 22.6. The Kier molecular flexibility index (Phi) is 3.77. The molecule has 0 bridgehead atoms. The molecule has 0 aliphatic carbocycles. The van der Waals surface area contributed by atoms with Gasteiger partial charge in [-0.1, -0.05) is 18.2 Å². The van der Waals surface area contributed by atoms with Gasteiger partial charge in [0.15, 0.2) is 22.2 Å². The highest BCUT2D eigenvalue weighted by Crippen LogP contribution is 2.38. The van der Waals surface area contributed by atoms with Crippen molar-refractivity contribution in [2.24, 2.45) is 0 Å². The third-order valence-electron chi connectivity index (χ3n) is 3.66. The molecule has 0 fully saturated rings. The molecule has 0 aliphatic heterocycles. The van der Waals surface area contributed by atoms with Crippen LogP contribution in [-0.2, 0) is 4.79 Å². The first kappa shape index (κ1) is 16.0. The van der Waals surface area contributed by atoms with Crippen molar-refractivity contribution in [2.75, 3.05) is 6.54 Å². The Labute approximate surface area is 149 Å². The van der Waals surface area contributed by atoms with E-state index in [1.165, 1.54) is 6.20 Å². The van der Waals surface area contributed by atoms with Crippen LogP contribution >= 0.6 is 11.3 Å². The zero-order chi connectivity index (χ0) is 18.3. The highest BCUT2D eigenvalue weighted by Gasteiger charge is 2.20. The molecule has 26 heavy (non-hydrogen) atoms. The number of carbonyl (C=O) groups excluding carboxylic acids is 1. The van der Waals surface area contributed by atoms with Gasteiger partial charge in [0.25, 0.3) is 5.91 Å². The zero-order valence-corrected chi connectivity index (χ0v) is 13.9. The van der Waals surface area contributed by atoms with Gasteiger partial charge < -0.3 is 19.9 Å². The number of hydrogen-bond acceptors (Lipinski definition) is 7. The molecular weight excluding hydrogens is 358 g/mol.